The van der Waals surface area contributed by atoms with Crippen LogP contribution in [0.3, 0.4) is 0 Å². The fraction of sp³-hybridized carbons (Fsp3) is 0.444. The maximum Gasteiger partial charge on any atom is 0.0698 e. The standard InChI is InChI=1S/C9H12N2O/c1-2-5-10-8(3-1)7-9-4-6-12-11-9/h1-3,5,9,11H,4,6-7H2. The molecular weight excluding hydrogens is 152 g/mol. The first-order valence-electron chi connectivity index (χ1n) is 4.22. The lowest BCUT2D eigenvalue weighted by molar-refractivity contribution is 0.0881. The minimum atomic E-state index is 0.444. The zero-order valence-electron chi connectivity index (χ0n) is 6.86. The Morgan fingerprint density at radius 2 is 2.58 bits per heavy atom. The quantitative estimate of drug-likeness (QED) is 0.705. The van der Waals surface area contributed by atoms with Crippen molar-refractivity contribution in [1.82, 2.24) is 10.5 Å². The first-order valence-corrected chi connectivity index (χ1v) is 4.22. The molecule has 64 valence electrons. The molecule has 2 heterocycles. The summed E-state index contributed by atoms with van der Waals surface area (Å²) in [4.78, 5) is 9.30. The molecule has 3 nitrogen and oxygen atoms in total. The van der Waals surface area contributed by atoms with E-state index in [1.54, 1.807) is 0 Å². The molecule has 0 amide bonds. The molecule has 1 aromatic heterocycles. The zero-order chi connectivity index (χ0) is 8.23. The Labute approximate surface area is 71.7 Å². The highest BCUT2D eigenvalue weighted by molar-refractivity contribution is 5.05. The van der Waals surface area contributed by atoms with Gasteiger partial charge in [-0.15, -0.1) is 0 Å². The van der Waals surface area contributed by atoms with Gasteiger partial charge in [0.25, 0.3) is 0 Å². The second-order valence-electron chi connectivity index (χ2n) is 2.98. The van der Waals surface area contributed by atoms with Crippen molar-refractivity contribution in [3.8, 4) is 0 Å². The Morgan fingerprint density at radius 3 is 3.25 bits per heavy atom. The predicted molar refractivity (Wildman–Crippen MR) is 45.4 cm³/mol. The van der Waals surface area contributed by atoms with Crippen LogP contribution in [0, 0.1) is 0 Å². The molecule has 0 radical (unpaired) electrons. The maximum atomic E-state index is 5.05. The van der Waals surface area contributed by atoms with Gasteiger partial charge in [-0.2, -0.15) is 5.48 Å². The van der Waals surface area contributed by atoms with E-state index < -0.39 is 0 Å². The zero-order valence-corrected chi connectivity index (χ0v) is 6.86. The number of hydrogen-bond donors (Lipinski definition) is 1. The largest absolute Gasteiger partial charge is 0.301 e. The molecule has 0 aromatic carbocycles. The molecule has 3 heteroatoms. The van der Waals surface area contributed by atoms with Gasteiger partial charge in [-0.3, -0.25) is 4.98 Å². The molecule has 0 aliphatic carbocycles. The second-order valence-corrected chi connectivity index (χ2v) is 2.98. The van der Waals surface area contributed by atoms with E-state index in [-0.39, 0.29) is 0 Å². The summed E-state index contributed by atoms with van der Waals surface area (Å²) in [6, 6.07) is 6.43. The van der Waals surface area contributed by atoms with Gasteiger partial charge in [0.05, 0.1) is 6.61 Å². The van der Waals surface area contributed by atoms with Gasteiger partial charge in [0.2, 0.25) is 0 Å². The second kappa shape index (κ2) is 3.65. The van der Waals surface area contributed by atoms with E-state index in [4.69, 9.17) is 4.84 Å². The van der Waals surface area contributed by atoms with E-state index >= 15 is 0 Å². The lowest BCUT2D eigenvalue weighted by Gasteiger charge is -2.06. The SMILES string of the molecule is c1ccc(CC2CCON2)nc1. The Hall–Kier alpha value is -0.930. The number of nitrogens with one attached hydrogen (secondary N) is 1. The molecule has 1 atom stereocenters. The molecule has 0 bridgehead atoms. The Morgan fingerprint density at radius 1 is 1.58 bits per heavy atom. The molecule has 1 aromatic rings. The Kier molecular flexibility index (Phi) is 2.34. The summed E-state index contributed by atoms with van der Waals surface area (Å²) in [6.45, 7) is 0.817. The highest BCUT2D eigenvalue weighted by atomic mass is 16.7. The molecule has 1 N–H and O–H groups in total. The topological polar surface area (TPSA) is 34.1 Å². The third kappa shape index (κ3) is 1.81. The third-order valence-corrected chi connectivity index (χ3v) is 2.00. The smallest absolute Gasteiger partial charge is 0.0698 e. The number of pyridine rings is 1. The molecule has 12 heavy (non-hydrogen) atoms. The van der Waals surface area contributed by atoms with Crippen LogP contribution in [0.1, 0.15) is 12.1 Å². The van der Waals surface area contributed by atoms with Crippen molar-refractivity contribution in [2.24, 2.45) is 0 Å². The minimum Gasteiger partial charge on any atom is -0.301 e. The fourth-order valence-corrected chi connectivity index (χ4v) is 1.35. The summed E-state index contributed by atoms with van der Waals surface area (Å²) in [5, 5.41) is 0. The fourth-order valence-electron chi connectivity index (χ4n) is 1.35. The van der Waals surface area contributed by atoms with Crippen molar-refractivity contribution in [2.75, 3.05) is 6.61 Å². The van der Waals surface area contributed by atoms with Crippen LogP contribution in [0.25, 0.3) is 0 Å². The average molecular weight is 164 g/mol. The summed E-state index contributed by atoms with van der Waals surface area (Å²) in [7, 11) is 0. The van der Waals surface area contributed by atoms with Crippen molar-refractivity contribution < 1.29 is 4.84 Å². The lowest BCUT2D eigenvalue weighted by atomic mass is 10.1. The van der Waals surface area contributed by atoms with Crippen LogP contribution in [0.4, 0.5) is 0 Å². The van der Waals surface area contributed by atoms with Crippen LogP contribution in [0.2, 0.25) is 0 Å². The first kappa shape index (κ1) is 7.71. The molecule has 1 fully saturated rings. The normalized spacial score (nSPS) is 22.8. The van der Waals surface area contributed by atoms with Gasteiger partial charge in [0, 0.05) is 24.4 Å². The van der Waals surface area contributed by atoms with Crippen LogP contribution >= 0.6 is 0 Å². The summed E-state index contributed by atoms with van der Waals surface area (Å²) in [6.07, 6.45) is 3.86. The third-order valence-electron chi connectivity index (χ3n) is 2.00. The number of rotatable bonds is 2. The molecule has 0 spiro atoms. The summed E-state index contributed by atoms with van der Waals surface area (Å²) < 4.78 is 0. The van der Waals surface area contributed by atoms with E-state index in [0.717, 1.165) is 25.1 Å². The molecule has 1 saturated heterocycles. The molecule has 0 saturated carbocycles. The monoisotopic (exact) mass is 164 g/mol. The van der Waals surface area contributed by atoms with E-state index in [2.05, 4.69) is 10.5 Å². The highest BCUT2D eigenvalue weighted by Crippen LogP contribution is 2.07. The average Bonchev–Trinajstić information content (AvgIpc) is 2.59. The van der Waals surface area contributed by atoms with Crippen LogP contribution in [0.5, 0.6) is 0 Å². The highest BCUT2D eigenvalue weighted by Gasteiger charge is 2.15. The van der Waals surface area contributed by atoms with Gasteiger partial charge in [-0.05, 0) is 18.6 Å². The number of hydrogen-bond acceptors (Lipinski definition) is 3. The summed E-state index contributed by atoms with van der Waals surface area (Å²) in [5.74, 6) is 0. The van der Waals surface area contributed by atoms with Gasteiger partial charge in [-0.25, -0.2) is 0 Å². The number of aromatic nitrogens is 1. The van der Waals surface area contributed by atoms with Gasteiger partial charge >= 0.3 is 0 Å². The van der Waals surface area contributed by atoms with E-state index in [9.17, 15) is 0 Å². The number of hydroxylamine groups is 1. The van der Waals surface area contributed by atoms with Crippen molar-refractivity contribution in [1.29, 1.82) is 0 Å². The maximum absolute atomic E-state index is 5.05. The van der Waals surface area contributed by atoms with Gasteiger partial charge in [0.15, 0.2) is 0 Å². The van der Waals surface area contributed by atoms with E-state index in [1.807, 2.05) is 24.4 Å². The summed E-state index contributed by atoms with van der Waals surface area (Å²) in [5.41, 5.74) is 4.09. The van der Waals surface area contributed by atoms with Crippen LogP contribution in [-0.2, 0) is 11.3 Å². The van der Waals surface area contributed by atoms with Crippen molar-refractivity contribution in [3.05, 3.63) is 30.1 Å². The molecule has 1 aliphatic rings. The molecular formula is C9H12N2O. The minimum absolute atomic E-state index is 0.444. The molecule has 1 aliphatic heterocycles. The van der Waals surface area contributed by atoms with Crippen LogP contribution in [0.15, 0.2) is 24.4 Å². The van der Waals surface area contributed by atoms with Crippen LogP contribution in [-0.4, -0.2) is 17.6 Å². The van der Waals surface area contributed by atoms with Gasteiger partial charge in [0.1, 0.15) is 0 Å². The predicted octanol–water partition coefficient (Wildman–Crippen LogP) is 0.918. The van der Waals surface area contributed by atoms with Crippen molar-refractivity contribution in [3.63, 3.8) is 0 Å². The van der Waals surface area contributed by atoms with E-state index in [0.29, 0.717) is 6.04 Å². The van der Waals surface area contributed by atoms with Gasteiger partial charge in [-0.1, -0.05) is 6.07 Å². The van der Waals surface area contributed by atoms with Crippen molar-refractivity contribution >= 4 is 0 Å². The van der Waals surface area contributed by atoms with Crippen molar-refractivity contribution in [2.45, 2.75) is 18.9 Å². The van der Waals surface area contributed by atoms with Crippen LogP contribution < -0.4 is 5.48 Å². The Bertz CT molecular complexity index is 232. The molecule has 1 unspecified atom stereocenters. The first-order chi connectivity index (χ1) is 5.95. The van der Waals surface area contributed by atoms with Gasteiger partial charge < -0.3 is 4.84 Å². The summed E-state index contributed by atoms with van der Waals surface area (Å²) >= 11 is 0. The Balaban J connectivity index is 1.94. The van der Waals surface area contributed by atoms with E-state index in [1.165, 1.54) is 0 Å². The molecule has 2 rings (SSSR count). The number of nitrogens with zero attached hydrogens (tertiary/aromatic N) is 1. The lowest BCUT2D eigenvalue weighted by Crippen LogP contribution is -2.22.